The Balaban J connectivity index is 1.51. The van der Waals surface area contributed by atoms with Crippen molar-refractivity contribution in [1.29, 1.82) is 0 Å². The van der Waals surface area contributed by atoms with Gasteiger partial charge in [-0.05, 0) is 80.7 Å². The number of aryl methyl sites for hydroxylation is 1. The largest absolute Gasteiger partial charge is 0.438 e. The van der Waals surface area contributed by atoms with E-state index in [-0.39, 0.29) is 5.69 Å². The number of hydrogen-bond donors (Lipinski definition) is 3. The monoisotopic (exact) mass is 551 g/mol. The number of carbonyl (C=O) groups is 1. The Morgan fingerprint density at radius 3 is 2.50 bits per heavy atom. The van der Waals surface area contributed by atoms with Crippen molar-refractivity contribution in [2.75, 3.05) is 37.1 Å². The van der Waals surface area contributed by atoms with Gasteiger partial charge in [-0.1, -0.05) is 6.07 Å². The van der Waals surface area contributed by atoms with E-state index < -0.39 is 17.8 Å². The van der Waals surface area contributed by atoms with Crippen LogP contribution < -0.4 is 20.7 Å². The zero-order chi connectivity index (χ0) is 28.9. The van der Waals surface area contributed by atoms with E-state index in [1.165, 1.54) is 6.07 Å². The van der Waals surface area contributed by atoms with E-state index in [0.29, 0.717) is 52.2 Å². The van der Waals surface area contributed by atoms with Crippen LogP contribution >= 0.6 is 0 Å². The molecule has 9 nitrogen and oxygen atoms in total. The van der Waals surface area contributed by atoms with Gasteiger partial charge in [0.2, 0.25) is 11.8 Å². The van der Waals surface area contributed by atoms with Gasteiger partial charge in [0.05, 0.1) is 16.8 Å². The molecule has 208 valence electrons. The number of ether oxygens (including phenoxy) is 1. The molecule has 3 N–H and O–H groups in total. The van der Waals surface area contributed by atoms with Crippen LogP contribution in [0.25, 0.3) is 11.3 Å². The van der Waals surface area contributed by atoms with Gasteiger partial charge in [-0.2, -0.15) is 13.2 Å². The number of alkyl halides is 3. The second kappa shape index (κ2) is 12.0. The predicted molar refractivity (Wildman–Crippen MR) is 148 cm³/mol. The van der Waals surface area contributed by atoms with Crippen molar-refractivity contribution in [2.45, 2.75) is 19.6 Å². The van der Waals surface area contributed by atoms with E-state index in [4.69, 9.17) is 4.74 Å². The number of aromatic nitrogens is 3. The molecule has 0 spiro atoms. The van der Waals surface area contributed by atoms with Crippen molar-refractivity contribution in [2.24, 2.45) is 0 Å². The maximum Gasteiger partial charge on any atom is 0.416 e. The van der Waals surface area contributed by atoms with Crippen molar-refractivity contribution in [3.05, 3.63) is 83.7 Å². The van der Waals surface area contributed by atoms with Gasteiger partial charge in [0, 0.05) is 37.4 Å². The molecule has 0 atom stereocenters. The van der Waals surface area contributed by atoms with E-state index in [0.717, 1.165) is 12.1 Å². The highest BCUT2D eigenvalue weighted by Gasteiger charge is 2.31. The maximum absolute atomic E-state index is 13.3. The van der Waals surface area contributed by atoms with Gasteiger partial charge in [0.25, 0.3) is 0 Å². The minimum absolute atomic E-state index is 0.0755. The molecule has 0 aliphatic rings. The van der Waals surface area contributed by atoms with E-state index in [2.05, 4.69) is 30.9 Å². The Kier molecular flexibility index (Phi) is 8.49. The lowest BCUT2D eigenvalue weighted by Crippen LogP contribution is -2.22. The summed E-state index contributed by atoms with van der Waals surface area (Å²) in [5, 5.41) is 8.12. The van der Waals surface area contributed by atoms with Crippen LogP contribution in [0.5, 0.6) is 11.6 Å². The van der Waals surface area contributed by atoms with Crippen molar-refractivity contribution in [3.63, 3.8) is 0 Å². The van der Waals surface area contributed by atoms with Gasteiger partial charge in [-0.25, -0.2) is 19.7 Å². The molecule has 0 saturated heterocycles. The second-order valence-corrected chi connectivity index (χ2v) is 9.14. The van der Waals surface area contributed by atoms with Crippen LogP contribution in [0.2, 0.25) is 0 Å². The number of amides is 2. The average Bonchev–Trinajstić information content (AvgIpc) is 2.90. The Labute approximate surface area is 229 Å². The zero-order valence-electron chi connectivity index (χ0n) is 22.3. The van der Waals surface area contributed by atoms with Crippen molar-refractivity contribution < 1.29 is 22.7 Å². The lowest BCUT2D eigenvalue weighted by atomic mass is 10.1. The molecular formula is C28H28F3N7O2. The first-order chi connectivity index (χ1) is 19.0. The Morgan fingerprint density at radius 1 is 1.00 bits per heavy atom. The molecule has 4 rings (SSSR count). The number of halogens is 3. The first kappa shape index (κ1) is 28.3. The van der Waals surface area contributed by atoms with Crippen LogP contribution in [0.1, 0.15) is 16.7 Å². The van der Waals surface area contributed by atoms with Crippen LogP contribution in [0.15, 0.2) is 67.0 Å². The Bertz CT molecular complexity index is 1510. The van der Waals surface area contributed by atoms with Gasteiger partial charge in [0.15, 0.2) is 0 Å². The summed E-state index contributed by atoms with van der Waals surface area (Å²) in [5.74, 6) is 1.29. The fourth-order valence-corrected chi connectivity index (χ4v) is 3.87. The molecule has 2 aromatic carbocycles. The number of urea groups is 1. The first-order valence-electron chi connectivity index (χ1n) is 12.2. The number of hydrogen-bond acceptors (Lipinski definition) is 7. The third-order valence-corrected chi connectivity index (χ3v) is 5.74. The number of anilines is 3. The molecule has 0 fully saturated rings. The molecule has 2 heterocycles. The first-order valence-corrected chi connectivity index (χ1v) is 12.2. The lowest BCUT2D eigenvalue weighted by molar-refractivity contribution is -0.137. The zero-order valence-corrected chi connectivity index (χ0v) is 22.3. The number of carbonyl (C=O) groups excluding carboxylic acids is 1. The quantitative estimate of drug-likeness (QED) is 0.233. The fraction of sp³-hybridized carbons (Fsp3) is 0.214. The number of benzene rings is 2. The number of nitrogens with zero attached hydrogens (tertiary/aromatic N) is 4. The van der Waals surface area contributed by atoms with Crippen molar-refractivity contribution in [3.8, 4) is 22.9 Å². The summed E-state index contributed by atoms with van der Waals surface area (Å²) in [5.41, 5.74) is 2.19. The minimum Gasteiger partial charge on any atom is -0.438 e. The molecule has 0 aliphatic heterocycles. The van der Waals surface area contributed by atoms with E-state index in [9.17, 15) is 18.0 Å². The van der Waals surface area contributed by atoms with E-state index in [1.807, 2.05) is 6.07 Å². The number of rotatable bonds is 8. The van der Waals surface area contributed by atoms with Crippen molar-refractivity contribution in [1.82, 2.24) is 19.9 Å². The van der Waals surface area contributed by atoms with E-state index >= 15 is 0 Å². The summed E-state index contributed by atoms with van der Waals surface area (Å²) in [4.78, 5) is 27.5. The molecule has 0 radical (unpaired) electrons. The van der Waals surface area contributed by atoms with Crippen molar-refractivity contribution >= 4 is 23.4 Å². The molecule has 12 heteroatoms. The molecule has 0 bridgehead atoms. The summed E-state index contributed by atoms with van der Waals surface area (Å²) < 4.78 is 45.9. The highest BCUT2D eigenvalue weighted by atomic mass is 19.4. The smallest absolute Gasteiger partial charge is 0.416 e. The van der Waals surface area contributed by atoms with Gasteiger partial charge < -0.3 is 25.6 Å². The normalized spacial score (nSPS) is 11.3. The van der Waals surface area contributed by atoms with Crippen LogP contribution in [0.4, 0.5) is 35.3 Å². The molecule has 40 heavy (non-hydrogen) atoms. The second-order valence-electron chi connectivity index (χ2n) is 9.14. The molecule has 2 aromatic heterocycles. The Morgan fingerprint density at radius 2 is 1.80 bits per heavy atom. The SMILES string of the molecule is CNc1nccc(-c2cccnc2Oc2ccc(NC(=O)Nc3cc(C(F)(F)F)ccc3CN(C)C)cc2C)n1. The standard InChI is InChI=1S/C28H28F3N7O2/c1-17-14-20(35-27(39)37-23-15-19(28(29,30)31)8-7-18(23)16-38(3)4)9-10-24(17)40-25-21(6-5-12-33-25)22-11-13-34-26(32-2)36-22/h5-15H,16H2,1-4H3,(H,32,34,36)(H2,35,37,39). The molecule has 0 aliphatic carbocycles. The highest BCUT2D eigenvalue weighted by Crippen LogP contribution is 2.34. The molecule has 0 unspecified atom stereocenters. The molecular weight excluding hydrogens is 523 g/mol. The Hall–Kier alpha value is -4.71. The number of nitrogens with one attached hydrogen (secondary N) is 3. The topological polar surface area (TPSA) is 104 Å². The molecule has 0 saturated carbocycles. The van der Waals surface area contributed by atoms with Crippen LogP contribution in [0.3, 0.4) is 0 Å². The summed E-state index contributed by atoms with van der Waals surface area (Å²) in [6, 6.07) is 13.0. The van der Waals surface area contributed by atoms with Gasteiger partial charge >= 0.3 is 12.2 Å². The predicted octanol–water partition coefficient (Wildman–Crippen LogP) is 6.41. The summed E-state index contributed by atoms with van der Waals surface area (Å²) in [6.07, 6.45) is -1.30. The van der Waals surface area contributed by atoms with Gasteiger partial charge in [-0.15, -0.1) is 0 Å². The summed E-state index contributed by atoms with van der Waals surface area (Å²) in [7, 11) is 5.30. The van der Waals surface area contributed by atoms with E-state index in [1.54, 1.807) is 75.7 Å². The van der Waals surface area contributed by atoms with Gasteiger partial charge in [-0.3, -0.25) is 0 Å². The van der Waals surface area contributed by atoms with Crippen LogP contribution in [0, 0.1) is 6.92 Å². The maximum atomic E-state index is 13.3. The minimum atomic E-state index is -4.54. The third-order valence-electron chi connectivity index (χ3n) is 5.74. The fourth-order valence-electron chi connectivity index (χ4n) is 3.87. The third kappa shape index (κ3) is 7.03. The lowest BCUT2D eigenvalue weighted by Gasteiger charge is -2.18. The summed E-state index contributed by atoms with van der Waals surface area (Å²) in [6.45, 7) is 2.15. The molecule has 4 aromatic rings. The molecule has 2 amide bonds. The average molecular weight is 552 g/mol. The number of pyridine rings is 1. The van der Waals surface area contributed by atoms with Crippen LogP contribution in [-0.4, -0.2) is 47.0 Å². The van der Waals surface area contributed by atoms with Gasteiger partial charge in [0.1, 0.15) is 5.75 Å². The van der Waals surface area contributed by atoms with Crippen LogP contribution in [-0.2, 0) is 12.7 Å². The summed E-state index contributed by atoms with van der Waals surface area (Å²) >= 11 is 0. The highest BCUT2D eigenvalue weighted by molar-refractivity contribution is 6.00.